The molecule has 0 saturated carbocycles. The molecule has 2 nitrogen and oxygen atoms in total. The lowest BCUT2D eigenvalue weighted by atomic mass is 10.1. The van der Waals surface area contributed by atoms with Crippen LogP contribution in [0.4, 0.5) is 0 Å². The second-order valence-electron chi connectivity index (χ2n) is 5.40. The minimum absolute atomic E-state index is 0.308. The van der Waals surface area contributed by atoms with E-state index in [1.54, 1.807) is 6.92 Å². The first kappa shape index (κ1) is 18.2. The Morgan fingerprint density at radius 3 is 2.35 bits per heavy atom. The minimum Gasteiger partial charge on any atom is -0.456 e. The quantitative estimate of drug-likeness (QED) is 0.574. The average molecular weight is 274 g/mol. The Labute approximate surface area is 123 Å². The first-order chi connectivity index (χ1) is 9.21. The summed E-state index contributed by atoms with van der Waals surface area (Å²) in [7, 11) is 0. The fraction of sp³-hybridized carbons (Fsp3) is 0.389. The molecular weight excluding hydrogens is 248 g/mol. The second-order valence-corrected chi connectivity index (χ2v) is 5.40. The van der Waals surface area contributed by atoms with Crippen LogP contribution in [0.1, 0.15) is 45.2 Å². The van der Waals surface area contributed by atoms with E-state index in [2.05, 4.69) is 32.2 Å². The van der Waals surface area contributed by atoms with Crippen LogP contribution in [-0.2, 0) is 9.53 Å². The topological polar surface area (TPSA) is 26.3 Å². The van der Waals surface area contributed by atoms with Crippen LogP contribution in [0.15, 0.2) is 43.0 Å². The molecule has 0 aliphatic carbocycles. The summed E-state index contributed by atoms with van der Waals surface area (Å²) in [6.07, 6.45) is 2.67. The van der Waals surface area contributed by atoms with Crippen LogP contribution in [0.5, 0.6) is 0 Å². The van der Waals surface area contributed by atoms with Crippen LogP contribution < -0.4 is 0 Å². The van der Waals surface area contributed by atoms with Crippen molar-refractivity contribution in [3.63, 3.8) is 0 Å². The highest BCUT2D eigenvalue weighted by atomic mass is 16.6. The number of hydrogen-bond donors (Lipinski definition) is 0. The number of carbonyl (C=O) groups is 1. The normalized spacial score (nSPS) is 10.1. The van der Waals surface area contributed by atoms with Crippen molar-refractivity contribution in [2.24, 2.45) is 0 Å². The van der Waals surface area contributed by atoms with Gasteiger partial charge in [-0.25, -0.2) is 4.79 Å². The van der Waals surface area contributed by atoms with Crippen molar-refractivity contribution in [3.05, 3.63) is 54.1 Å². The van der Waals surface area contributed by atoms with Crippen LogP contribution in [0.3, 0.4) is 0 Å². The predicted octanol–water partition coefficient (Wildman–Crippen LogP) is 4.93. The number of carbonyl (C=O) groups excluding carboxylic acids is 1. The number of esters is 1. The Balaban J connectivity index is 0.000000367. The lowest BCUT2D eigenvalue weighted by Gasteiger charge is -2.23. The summed E-state index contributed by atoms with van der Waals surface area (Å²) in [4.78, 5) is 11.0. The molecule has 0 atom stereocenters. The molecule has 0 fully saturated rings. The maximum absolute atomic E-state index is 11.0. The average Bonchev–Trinajstić information content (AvgIpc) is 2.39. The van der Waals surface area contributed by atoms with Crippen molar-refractivity contribution in [1.29, 1.82) is 0 Å². The summed E-state index contributed by atoms with van der Waals surface area (Å²) in [6.45, 7) is 16.6. The zero-order chi connectivity index (χ0) is 15.8. The highest BCUT2D eigenvalue weighted by Gasteiger charge is 2.20. The van der Waals surface area contributed by atoms with E-state index in [1.165, 1.54) is 11.1 Å². The summed E-state index contributed by atoms with van der Waals surface area (Å²) in [6, 6.07) is 8.26. The van der Waals surface area contributed by atoms with Crippen LogP contribution in [0, 0.1) is 6.92 Å². The highest BCUT2D eigenvalue weighted by molar-refractivity contribution is 5.87. The number of hydrogen-bond acceptors (Lipinski definition) is 2. The molecule has 1 aromatic rings. The molecule has 0 amide bonds. The Bertz CT molecular complexity index is 470. The number of ether oxygens (including phenoxy) is 1. The van der Waals surface area contributed by atoms with Gasteiger partial charge in [-0.3, -0.25) is 0 Å². The van der Waals surface area contributed by atoms with Gasteiger partial charge in [0.25, 0.3) is 0 Å². The molecule has 0 aromatic heterocycles. The third kappa shape index (κ3) is 7.57. The Morgan fingerprint density at radius 1 is 1.40 bits per heavy atom. The summed E-state index contributed by atoms with van der Waals surface area (Å²) < 4.78 is 5.11. The predicted molar refractivity (Wildman–Crippen MR) is 86.5 cm³/mol. The molecule has 0 heterocycles. The van der Waals surface area contributed by atoms with Crippen molar-refractivity contribution >= 4 is 12.0 Å². The van der Waals surface area contributed by atoms with E-state index >= 15 is 0 Å². The first-order valence-electron chi connectivity index (χ1n) is 6.79. The van der Waals surface area contributed by atoms with Gasteiger partial charge in [-0.05, 0) is 39.7 Å². The molecule has 2 heteroatoms. The highest BCUT2D eigenvalue weighted by Crippen LogP contribution is 2.15. The first-order valence-corrected chi connectivity index (χ1v) is 6.79. The largest absolute Gasteiger partial charge is 0.456 e. The molecule has 1 aromatic carbocycles. The molecule has 20 heavy (non-hydrogen) atoms. The molecule has 0 aliphatic heterocycles. The van der Waals surface area contributed by atoms with Gasteiger partial charge in [-0.1, -0.05) is 56.0 Å². The molecule has 0 saturated heterocycles. The lowest BCUT2D eigenvalue weighted by molar-refractivity contribution is -0.151. The van der Waals surface area contributed by atoms with Gasteiger partial charge in [0.2, 0.25) is 0 Å². The second kappa shape index (κ2) is 8.36. The fourth-order valence-corrected chi connectivity index (χ4v) is 1.21. The minimum atomic E-state index is -0.365. The van der Waals surface area contributed by atoms with Crippen LogP contribution in [0.25, 0.3) is 6.08 Å². The third-order valence-electron chi connectivity index (χ3n) is 2.85. The number of aryl methyl sites for hydroxylation is 1. The van der Waals surface area contributed by atoms with Crippen molar-refractivity contribution in [3.8, 4) is 0 Å². The summed E-state index contributed by atoms with van der Waals surface area (Å²) in [5.74, 6) is -0.308. The summed E-state index contributed by atoms with van der Waals surface area (Å²) >= 11 is 0. The number of rotatable bonds is 4. The van der Waals surface area contributed by atoms with Gasteiger partial charge in [0.05, 0.1) is 0 Å². The maximum Gasteiger partial charge on any atom is 0.333 e. The Morgan fingerprint density at radius 2 is 2.00 bits per heavy atom. The third-order valence-corrected chi connectivity index (χ3v) is 2.85. The van der Waals surface area contributed by atoms with Gasteiger partial charge in [-0.15, -0.1) is 0 Å². The van der Waals surface area contributed by atoms with Crippen LogP contribution in [-0.4, -0.2) is 11.6 Å². The van der Waals surface area contributed by atoms with Crippen molar-refractivity contribution in [2.75, 3.05) is 0 Å². The van der Waals surface area contributed by atoms with Gasteiger partial charge in [0.1, 0.15) is 5.60 Å². The smallest absolute Gasteiger partial charge is 0.333 e. The van der Waals surface area contributed by atoms with E-state index in [-0.39, 0.29) is 11.6 Å². The zero-order valence-corrected chi connectivity index (χ0v) is 13.3. The van der Waals surface area contributed by atoms with Gasteiger partial charge in [-0.2, -0.15) is 0 Å². The lowest BCUT2D eigenvalue weighted by Crippen LogP contribution is -2.27. The van der Waals surface area contributed by atoms with Crippen molar-refractivity contribution in [2.45, 2.75) is 46.6 Å². The molecule has 0 unspecified atom stereocenters. The molecule has 0 spiro atoms. The van der Waals surface area contributed by atoms with E-state index in [1.807, 2.05) is 39.0 Å². The number of benzene rings is 1. The molecule has 0 aliphatic rings. The van der Waals surface area contributed by atoms with E-state index in [0.29, 0.717) is 5.57 Å². The summed E-state index contributed by atoms with van der Waals surface area (Å²) in [5, 5.41) is 0. The maximum atomic E-state index is 11.0. The van der Waals surface area contributed by atoms with Crippen LogP contribution in [0.2, 0.25) is 0 Å². The molecule has 0 radical (unpaired) electrons. The Hall–Kier alpha value is -1.83. The standard InChI is InChI=1S/C9H16O2.C9H10/c1-6-9(4,5)11-8(10)7(2)3;1-3-9-6-4-5-8(2)7-9/h2,6H2,1,3-5H3;3-7H,1H2,2H3. The summed E-state index contributed by atoms with van der Waals surface area (Å²) in [5.41, 5.74) is 2.56. The van der Waals surface area contributed by atoms with Gasteiger partial charge in [0, 0.05) is 5.57 Å². The molecule has 110 valence electrons. The zero-order valence-electron chi connectivity index (χ0n) is 13.3. The van der Waals surface area contributed by atoms with Crippen LogP contribution >= 0.6 is 0 Å². The van der Waals surface area contributed by atoms with Crippen molar-refractivity contribution in [1.82, 2.24) is 0 Å². The van der Waals surface area contributed by atoms with E-state index in [0.717, 1.165) is 6.42 Å². The van der Waals surface area contributed by atoms with E-state index < -0.39 is 0 Å². The van der Waals surface area contributed by atoms with Gasteiger partial charge < -0.3 is 4.74 Å². The molecule has 1 rings (SSSR count). The molecule has 0 bridgehead atoms. The molecular formula is C18H26O2. The molecule has 0 N–H and O–H groups in total. The van der Waals surface area contributed by atoms with Gasteiger partial charge in [0.15, 0.2) is 0 Å². The SMILES string of the molecule is C=C(C)C(=O)OC(C)(C)CC.C=Cc1cccc(C)c1. The monoisotopic (exact) mass is 274 g/mol. The van der Waals surface area contributed by atoms with Crippen molar-refractivity contribution < 1.29 is 9.53 Å². The fourth-order valence-electron chi connectivity index (χ4n) is 1.21. The van der Waals surface area contributed by atoms with E-state index in [4.69, 9.17) is 4.74 Å². The van der Waals surface area contributed by atoms with Gasteiger partial charge >= 0.3 is 5.97 Å². The van der Waals surface area contributed by atoms with E-state index in [9.17, 15) is 4.79 Å². The Kier molecular flexibility index (Phi) is 7.60.